The maximum absolute atomic E-state index is 11.9. The molecule has 1 heterocycles. The van der Waals surface area contributed by atoms with Crippen LogP contribution in [0.3, 0.4) is 0 Å². The highest BCUT2D eigenvalue weighted by Gasteiger charge is 2.21. The van der Waals surface area contributed by atoms with Gasteiger partial charge in [-0.25, -0.2) is 0 Å². The van der Waals surface area contributed by atoms with Gasteiger partial charge in [0.25, 0.3) is 0 Å². The molecule has 1 aliphatic carbocycles. The Morgan fingerprint density at radius 1 is 0.947 bits per heavy atom. The van der Waals surface area contributed by atoms with E-state index in [0.717, 1.165) is 25.3 Å². The first kappa shape index (κ1) is 15.2. The van der Waals surface area contributed by atoms with Gasteiger partial charge >= 0.3 is 0 Å². The van der Waals surface area contributed by atoms with Crippen LogP contribution in [0, 0.1) is 0 Å². The zero-order valence-electron chi connectivity index (χ0n) is 12.0. The average Bonchev–Trinajstić information content (AvgIpc) is 2.73. The lowest BCUT2D eigenvalue weighted by Gasteiger charge is -2.21. The molecule has 0 aromatic heterocycles. The summed E-state index contributed by atoms with van der Waals surface area (Å²) in [5.41, 5.74) is 0. The Morgan fingerprint density at radius 2 is 1.68 bits per heavy atom. The van der Waals surface area contributed by atoms with Crippen molar-refractivity contribution in [3.8, 4) is 0 Å². The fourth-order valence-electron chi connectivity index (χ4n) is 3.01. The molecule has 2 aliphatic rings. The minimum atomic E-state index is 0.214. The minimum Gasteiger partial charge on any atom is -0.354 e. The van der Waals surface area contributed by atoms with Crippen LogP contribution in [0.25, 0.3) is 0 Å². The molecule has 0 aromatic rings. The normalized spacial score (nSPS) is 25.8. The van der Waals surface area contributed by atoms with E-state index in [1.165, 1.54) is 51.4 Å². The SMILES string of the molecule is O=C(NCCNC1CCCCCC1)C1CCCCS1. The number of carbonyl (C=O) groups excluding carboxylic acids is 1. The summed E-state index contributed by atoms with van der Waals surface area (Å²) in [6, 6.07) is 0.684. The molecule has 4 heteroatoms. The smallest absolute Gasteiger partial charge is 0.233 e. The first-order chi connectivity index (χ1) is 9.36. The third kappa shape index (κ3) is 5.74. The molecule has 3 nitrogen and oxygen atoms in total. The second-order valence-electron chi connectivity index (χ2n) is 5.79. The highest BCUT2D eigenvalue weighted by molar-refractivity contribution is 8.00. The van der Waals surface area contributed by atoms with Crippen LogP contribution >= 0.6 is 11.8 Å². The van der Waals surface area contributed by atoms with Crippen molar-refractivity contribution in [3.63, 3.8) is 0 Å². The highest BCUT2D eigenvalue weighted by Crippen LogP contribution is 2.24. The third-order valence-electron chi connectivity index (χ3n) is 4.18. The first-order valence-electron chi connectivity index (χ1n) is 7.99. The Kier molecular flexibility index (Phi) is 7.07. The van der Waals surface area contributed by atoms with Crippen LogP contribution < -0.4 is 10.6 Å². The second-order valence-corrected chi connectivity index (χ2v) is 7.10. The zero-order valence-corrected chi connectivity index (χ0v) is 12.8. The fourth-order valence-corrected chi connectivity index (χ4v) is 4.23. The van der Waals surface area contributed by atoms with Gasteiger partial charge in [0, 0.05) is 19.1 Å². The van der Waals surface area contributed by atoms with E-state index in [1.807, 2.05) is 11.8 Å². The van der Waals surface area contributed by atoms with E-state index >= 15 is 0 Å². The number of thioether (sulfide) groups is 1. The predicted octanol–water partition coefficient (Wildman–Crippen LogP) is 2.70. The van der Waals surface area contributed by atoms with Crippen LogP contribution in [0.15, 0.2) is 0 Å². The molecule has 2 fully saturated rings. The molecule has 1 saturated heterocycles. The summed E-state index contributed by atoms with van der Waals surface area (Å²) in [4.78, 5) is 11.9. The average molecular weight is 284 g/mol. The maximum atomic E-state index is 11.9. The van der Waals surface area contributed by atoms with Gasteiger partial charge in [0.15, 0.2) is 0 Å². The van der Waals surface area contributed by atoms with Gasteiger partial charge in [0.1, 0.15) is 0 Å². The summed E-state index contributed by atoms with van der Waals surface area (Å²) in [5, 5.41) is 6.90. The molecular weight excluding hydrogens is 256 g/mol. The molecule has 0 bridgehead atoms. The molecule has 1 unspecified atom stereocenters. The lowest BCUT2D eigenvalue weighted by Crippen LogP contribution is -2.40. The molecule has 0 spiro atoms. The Labute approximate surface area is 121 Å². The molecule has 1 aliphatic heterocycles. The van der Waals surface area contributed by atoms with Crippen molar-refractivity contribution in [2.24, 2.45) is 0 Å². The summed E-state index contributed by atoms with van der Waals surface area (Å²) >= 11 is 1.83. The van der Waals surface area contributed by atoms with Crippen molar-refractivity contribution >= 4 is 17.7 Å². The van der Waals surface area contributed by atoms with Crippen LogP contribution in [-0.2, 0) is 4.79 Å². The van der Waals surface area contributed by atoms with Crippen molar-refractivity contribution in [2.45, 2.75) is 69.1 Å². The molecule has 0 radical (unpaired) electrons. The van der Waals surface area contributed by atoms with Gasteiger partial charge in [-0.1, -0.05) is 32.1 Å². The third-order valence-corrected chi connectivity index (χ3v) is 5.56. The van der Waals surface area contributed by atoms with E-state index in [0.29, 0.717) is 6.04 Å². The van der Waals surface area contributed by atoms with Crippen LogP contribution in [0.5, 0.6) is 0 Å². The van der Waals surface area contributed by atoms with Gasteiger partial charge in [0.2, 0.25) is 5.91 Å². The van der Waals surface area contributed by atoms with Crippen LogP contribution in [0.1, 0.15) is 57.8 Å². The zero-order chi connectivity index (χ0) is 13.3. The number of hydrogen-bond acceptors (Lipinski definition) is 3. The number of carbonyl (C=O) groups is 1. The standard InChI is InChI=1S/C15H28N2OS/c18-15(14-9-5-6-12-19-14)17-11-10-16-13-7-3-1-2-4-8-13/h13-14,16H,1-12H2,(H,17,18). The van der Waals surface area contributed by atoms with Crippen LogP contribution in [-0.4, -0.2) is 36.0 Å². The summed E-state index contributed by atoms with van der Waals surface area (Å²) in [6.07, 6.45) is 11.7. The summed E-state index contributed by atoms with van der Waals surface area (Å²) in [7, 11) is 0. The first-order valence-corrected chi connectivity index (χ1v) is 9.04. The van der Waals surface area contributed by atoms with Gasteiger partial charge in [0.05, 0.1) is 5.25 Å². The second kappa shape index (κ2) is 8.85. The topological polar surface area (TPSA) is 41.1 Å². The van der Waals surface area contributed by atoms with E-state index in [4.69, 9.17) is 0 Å². The van der Waals surface area contributed by atoms with E-state index in [9.17, 15) is 4.79 Å². The monoisotopic (exact) mass is 284 g/mol. The molecule has 1 amide bonds. The largest absolute Gasteiger partial charge is 0.354 e. The number of rotatable bonds is 5. The Morgan fingerprint density at radius 3 is 2.37 bits per heavy atom. The van der Waals surface area contributed by atoms with Crippen molar-refractivity contribution in [2.75, 3.05) is 18.8 Å². The van der Waals surface area contributed by atoms with Gasteiger partial charge in [-0.3, -0.25) is 4.79 Å². The van der Waals surface area contributed by atoms with E-state index < -0.39 is 0 Å². The molecular formula is C15H28N2OS. The van der Waals surface area contributed by atoms with Gasteiger partial charge in [-0.15, -0.1) is 11.8 Å². The van der Waals surface area contributed by atoms with Crippen molar-refractivity contribution in [1.29, 1.82) is 0 Å². The molecule has 19 heavy (non-hydrogen) atoms. The lowest BCUT2D eigenvalue weighted by atomic mass is 10.1. The van der Waals surface area contributed by atoms with Gasteiger partial charge in [-0.2, -0.15) is 0 Å². The van der Waals surface area contributed by atoms with Crippen molar-refractivity contribution in [3.05, 3.63) is 0 Å². The Balaban J connectivity index is 1.54. The predicted molar refractivity (Wildman–Crippen MR) is 82.6 cm³/mol. The van der Waals surface area contributed by atoms with E-state index in [1.54, 1.807) is 0 Å². The highest BCUT2D eigenvalue weighted by atomic mass is 32.2. The number of nitrogens with one attached hydrogen (secondary N) is 2. The van der Waals surface area contributed by atoms with Crippen molar-refractivity contribution in [1.82, 2.24) is 10.6 Å². The molecule has 2 N–H and O–H groups in total. The molecule has 110 valence electrons. The maximum Gasteiger partial charge on any atom is 0.233 e. The van der Waals surface area contributed by atoms with Crippen molar-refractivity contribution < 1.29 is 4.79 Å². The fraction of sp³-hybridized carbons (Fsp3) is 0.933. The van der Waals surface area contributed by atoms with E-state index in [2.05, 4.69) is 10.6 Å². The molecule has 0 aromatic carbocycles. The lowest BCUT2D eigenvalue weighted by molar-refractivity contribution is -0.120. The van der Waals surface area contributed by atoms with Crippen LogP contribution in [0.4, 0.5) is 0 Å². The van der Waals surface area contributed by atoms with Gasteiger partial charge in [-0.05, 0) is 31.4 Å². The molecule has 1 saturated carbocycles. The Bertz CT molecular complexity index is 259. The number of hydrogen-bond donors (Lipinski definition) is 2. The summed E-state index contributed by atoms with van der Waals surface area (Å²) in [5.74, 6) is 1.41. The molecule has 1 atom stereocenters. The quantitative estimate of drug-likeness (QED) is 0.602. The summed E-state index contributed by atoms with van der Waals surface area (Å²) in [6.45, 7) is 1.71. The van der Waals surface area contributed by atoms with E-state index in [-0.39, 0.29) is 11.2 Å². The van der Waals surface area contributed by atoms with Gasteiger partial charge < -0.3 is 10.6 Å². The minimum absolute atomic E-state index is 0.214. The molecule has 2 rings (SSSR count). The number of amides is 1. The summed E-state index contributed by atoms with van der Waals surface area (Å²) < 4.78 is 0. The Hall–Kier alpha value is -0.220. The van der Waals surface area contributed by atoms with Crippen LogP contribution in [0.2, 0.25) is 0 Å².